The molecule has 6 rings (SSSR count). The summed E-state index contributed by atoms with van der Waals surface area (Å²) in [6, 6.07) is 15.6. The molecule has 6 nitrogen and oxygen atoms in total. The molecule has 2 aliphatic heterocycles. The molecule has 9 heteroatoms. The van der Waals surface area contributed by atoms with Crippen molar-refractivity contribution < 1.29 is 8.78 Å². The summed E-state index contributed by atoms with van der Waals surface area (Å²) in [5.74, 6) is 5.85. The number of aliphatic imine (C=N–C) groups is 1. The van der Waals surface area contributed by atoms with Gasteiger partial charge in [-0.25, -0.2) is 13.8 Å². The van der Waals surface area contributed by atoms with Gasteiger partial charge in [-0.2, -0.15) is 0 Å². The number of rotatable bonds is 2. The Balaban J connectivity index is 1.55. The van der Waals surface area contributed by atoms with Gasteiger partial charge in [-0.1, -0.05) is 43.5 Å². The number of nitrogens with zero attached hydrogens (tertiary/aromatic N) is 5. The van der Waals surface area contributed by atoms with E-state index in [2.05, 4.69) is 14.9 Å². The van der Waals surface area contributed by atoms with Gasteiger partial charge in [0.05, 0.1) is 17.1 Å². The van der Waals surface area contributed by atoms with Crippen molar-refractivity contribution in [2.45, 2.75) is 18.5 Å². The van der Waals surface area contributed by atoms with Crippen molar-refractivity contribution in [3.8, 4) is 11.1 Å². The summed E-state index contributed by atoms with van der Waals surface area (Å²) < 4.78 is 32.0. The van der Waals surface area contributed by atoms with Gasteiger partial charge < -0.3 is 10.4 Å². The molecule has 34 heavy (non-hydrogen) atoms. The Morgan fingerprint density at radius 2 is 1.82 bits per heavy atom. The van der Waals surface area contributed by atoms with Crippen LogP contribution in [0.3, 0.4) is 0 Å². The van der Waals surface area contributed by atoms with E-state index in [1.807, 2.05) is 43.7 Å². The Kier molecular flexibility index (Phi) is 4.81. The molecule has 2 atom stereocenters. The van der Waals surface area contributed by atoms with E-state index in [1.165, 1.54) is 6.07 Å². The highest BCUT2D eigenvalue weighted by molar-refractivity contribution is 7.64. The first-order valence-electron chi connectivity index (χ1n) is 10.9. The van der Waals surface area contributed by atoms with Crippen molar-refractivity contribution in [3.63, 3.8) is 0 Å². The Morgan fingerprint density at radius 3 is 2.59 bits per heavy atom. The normalized spacial score (nSPS) is 18.9. The van der Waals surface area contributed by atoms with E-state index in [4.69, 9.17) is 15.8 Å². The third kappa shape index (κ3) is 3.09. The summed E-state index contributed by atoms with van der Waals surface area (Å²) in [6.07, 6.45) is 0.569. The third-order valence-corrected chi connectivity index (χ3v) is 7.92. The summed E-state index contributed by atoms with van der Waals surface area (Å²) in [7, 11) is -0.525. The Labute approximate surface area is 196 Å². The van der Waals surface area contributed by atoms with Gasteiger partial charge in [-0.3, -0.25) is 4.99 Å². The van der Waals surface area contributed by atoms with E-state index < -0.39 is 7.92 Å². The lowest BCUT2D eigenvalue weighted by Crippen LogP contribution is -2.14. The maximum absolute atomic E-state index is 15.2. The van der Waals surface area contributed by atoms with Crippen LogP contribution in [0.2, 0.25) is 0 Å². The summed E-state index contributed by atoms with van der Waals surface area (Å²) >= 11 is 0. The molecule has 2 unspecified atom stereocenters. The molecule has 0 amide bonds. The highest BCUT2D eigenvalue weighted by Gasteiger charge is 2.40. The van der Waals surface area contributed by atoms with Crippen LogP contribution < -0.4 is 11.1 Å². The minimum absolute atomic E-state index is 0.188. The standard InChI is InChI=1S/C25H21F2N6P/c1-34(2)22-9-7-13(10-17(22)27)14-6-8-18-20(11-14)33-21-12-19(25(33)30-18)29-24(31-32-28)15-4-3-5-16(26)23(15)21/h3-11,19,21H,12H2,1-2H3,(H2,28,29,31). The Morgan fingerprint density at radius 1 is 1.03 bits per heavy atom. The SMILES string of the molecule is CP(C)c1ccc(-c2ccc3nc4n(c3c2)C2CC4N=C(N=NN)c3cccc(F)c32)cc1F. The van der Waals surface area contributed by atoms with Crippen LogP contribution in [0.4, 0.5) is 8.78 Å². The number of imidazole rings is 1. The predicted octanol–water partition coefficient (Wildman–Crippen LogP) is 5.47. The minimum Gasteiger partial charge on any atom is -0.318 e. The molecule has 0 fully saturated rings. The number of aromatic nitrogens is 2. The van der Waals surface area contributed by atoms with Crippen LogP contribution in [-0.4, -0.2) is 28.7 Å². The van der Waals surface area contributed by atoms with Gasteiger partial charge in [0.15, 0.2) is 5.84 Å². The smallest absolute Gasteiger partial charge is 0.180 e. The number of fused-ring (bicyclic) bond motifs is 9. The number of hydrogen-bond acceptors (Lipinski definition) is 4. The van der Waals surface area contributed by atoms with E-state index in [9.17, 15) is 4.39 Å². The van der Waals surface area contributed by atoms with E-state index >= 15 is 4.39 Å². The van der Waals surface area contributed by atoms with Crippen LogP contribution in [0, 0.1) is 11.6 Å². The number of benzene rings is 3. The molecule has 1 aromatic heterocycles. The molecule has 170 valence electrons. The average molecular weight is 474 g/mol. The van der Waals surface area contributed by atoms with E-state index in [0.29, 0.717) is 23.4 Å². The summed E-state index contributed by atoms with van der Waals surface area (Å²) in [4.78, 5) is 9.56. The van der Waals surface area contributed by atoms with Crippen LogP contribution in [0.1, 0.15) is 35.5 Å². The molecule has 0 spiro atoms. The van der Waals surface area contributed by atoms with Crippen molar-refractivity contribution in [3.05, 3.63) is 83.2 Å². The first-order valence-corrected chi connectivity index (χ1v) is 13.2. The van der Waals surface area contributed by atoms with E-state index in [1.54, 1.807) is 18.2 Å². The first kappa shape index (κ1) is 21.1. The van der Waals surface area contributed by atoms with Crippen molar-refractivity contribution in [2.24, 2.45) is 21.2 Å². The summed E-state index contributed by atoms with van der Waals surface area (Å²) in [5, 5.41) is 8.12. The summed E-state index contributed by atoms with van der Waals surface area (Å²) in [6.45, 7) is 4.07. The van der Waals surface area contributed by atoms with Crippen LogP contribution in [0.15, 0.2) is 69.9 Å². The maximum atomic E-state index is 15.2. The molecule has 2 N–H and O–H groups in total. The molecular weight excluding hydrogens is 453 g/mol. The second-order valence-electron chi connectivity index (χ2n) is 8.74. The van der Waals surface area contributed by atoms with Crippen molar-refractivity contribution in [2.75, 3.05) is 13.3 Å². The maximum Gasteiger partial charge on any atom is 0.180 e. The zero-order chi connectivity index (χ0) is 23.6. The molecular formula is C25H21F2N6P. The molecule has 4 aromatic rings. The van der Waals surface area contributed by atoms with Gasteiger partial charge in [0.1, 0.15) is 23.5 Å². The monoisotopic (exact) mass is 474 g/mol. The number of amidine groups is 1. The van der Waals surface area contributed by atoms with Crippen LogP contribution >= 0.6 is 7.92 Å². The lowest BCUT2D eigenvalue weighted by molar-refractivity contribution is 0.544. The van der Waals surface area contributed by atoms with Crippen molar-refractivity contribution in [1.29, 1.82) is 0 Å². The lowest BCUT2D eigenvalue weighted by atomic mass is 9.97. The largest absolute Gasteiger partial charge is 0.318 e. The van der Waals surface area contributed by atoms with Crippen LogP contribution in [0.25, 0.3) is 22.2 Å². The average Bonchev–Trinajstić information content (AvgIpc) is 3.29. The number of hydrogen-bond donors (Lipinski definition) is 1. The molecule has 0 aliphatic carbocycles. The highest BCUT2D eigenvalue weighted by atomic mass is 31.1. The predicted molar refractivity (Wildman–Crippen MR) is 131 cm³/mol. The zero-order valence-corrected chi connectivity index (χ0v) is 19.5. The van der Waals surface area contributed by atoms with Gasteiger partial charge in [0.2, 0.25) is 0 Å². The van der Waals surface area contributed by atoms with Gasteiger partial charge in [-0.15, -0.1) is 5.11 Å². The summed E-state index contributed by atoms with van der Waals surface area (Å²) in [5.41, 5.74) is 4.42. The second kappa shape index (κ2) is 7.77. The second-order valence-corrected chi connectivity index (χ2v) is 11.0. The van der Waals surface area contributed by atoms with Gasteiger partial charge >= 0.3 is 0 Å². The number of halogens is 2. The Hall–Kier alpha value is -3.51. The highest BCUT2D eigenvalue weighted by Crippen LogP contribution is 2.47. The molecule has 2 bridgehead atoms. The fourth-order valence-electron chi connectivity index (χ4n) is 5.10. The topological polar surface area (TPSA) is 80.9 Å². The molecule has 2 aliphatic rings. The molecule has 0 saturated carbocycles. The third-order valence-electron chi connectivity index (χ3n) is 6.59. The van der Waals surface area contributed by atoms with E-state index in [-0.39, 0.29) is 23.7 Å². The molecule has 3 aromatic carbocycles. The molecule has 0 saturated heterocycles. The zero-order valence-electron chi connectivity index (χ0n) is 18.6. The minimum atomic E-state index is -0.525. The van der Waals surface area contributed by atoms with Gasteiger partial charge in [-0.05, 0) is 48.7 Å². The Bertz CT molecular complexity index is 1520. The molecule has 0 radical (unpaired) electrons. The van der Waals surface area contributed by atoms with Crippen LogP contribution in [0.5, 0.6) is 0 Å². The molecule has 3 heterocycles. The van der Waals surface area contributed by atoms with Crippen molar-refractivity contribution >= 4 is 30.1 Å². The fraction of sp³-hybridized carbons (Fsp3) is 0.200. The fourth-order valence-corrected chi connectivity index (χ4v) is 5.97. The van der Waals surface area contributed by atoms with E-state index in [0.717, 1.165) is 33.3 Å². The lowest BCUT2D eigenvalue weighted by Gasteiger charge is -2.18. The van der Waals surface area contributed by atoms with Gasteiger partial charge in [0.25, 0.3) is 0 Å². The van der Waals surface area contributed by atoms with Gasteiger partial charge in [0, 0.05) is 22.9 Å². The quantitative estimate of drug-likeness (QED) is 0.181. The van der Waals surface area contributed by atoms with Crippen LogP contribution in [-0.2, 0) is 0 Å². The van der Waals surface area contributed by atoms with Crippen molar-refractivity contribution in [1.82, 2.24) is 9.55 Å². The first-order chi connectivity index (χ1) is 16.5. The number of nitrogens with two attached hydrogens (primary N) is 1.